The summed E-state index contributed by atoms with van der Waals surface area (Å²) in [6.45, 7) is 1.60. The molecule has 0 aromatic carbocycles. The molecule has 0 unspecified atom stereocenters. The molecule has 1 aliphatic heterocycles. The molecule has 2 amide bonds. The molecule has 4 aliphatic carbocycles. The highest BCUT2D eigenvalue weighted by molar-refractivity contribution is 5.89. The van der Waals surface area contributed by atoms with Crippen molar-refractivity contribution in [2.75, 3.05) is 19.6 Å². The molecule has 5 rings (SSSR count). The van der Waals surface area contributed by atoms with Gasteiger partial charge < -0.3 is 10.2 Å². The highest BCUT2D eigenvalue weighted by Crippen LogP contribution is 2.60. The van der Waals surface area contributed by atoms with E-state index in [1.165, 1.54) is 19.3 Å². The molecule has 4 saturated carbocycles. The van der Waals surface area contributed by atoms with Crippen LogP contribution >= 0.6 is 0 Å². The molecule has 104 valence electrons. The van der Waals surface area contributed by atoms with Crippen molar-refractivity contribution in [2.45, 2.75) is 38.5 Å². The summed E-state index contributed by atoms with van der Waals surface area (Å²) in [6, 6.07) is 0. The first-order valence-corrected chi connectivity index (χ1v) is 7.71. The average molecular weight is 262 g/mol. The Kier molecular flexibility index (Phi) is 2.45. The van der Waals surface area contributed by atoms with Gasteiger partial charge in [0.2, 0.25) is 11.8 Å². The van der Waals surface area contributed by atoms with Crippen LogP contribution < -0.4 is 5.32 Å². The molecule has 1 N–H and O–H groups in total. The second kappa shape index (κ2) is 3.97. The third kappa shape index (κ3) is 1.79. The molecule has 0 aromatic heterocycles. The maximum absolute atomic E-state index is 12.9. The molecule has 5 fully saturated rings. The quantitative estimate of drug-likeness (QED) is 0.771. The molecule has 4 bridgehead atoms. The number of carbonyl (C=O) groups excluding carboxylic acids is 2. The van der Waals surface area contributed by atoms with Crippen molar-refractivity contribution in [1.29, 1.82) is 0 Å². The van der Waals surface area contributed by atoms with E-state index in [-0.39, 0.29) is 17.9 Å². The van der Waals surface area contributed by atoms with Gasteiger partial charge in [0.1, 0.15) is 0 Å². The predicted octanol–water partition coefficient (Wildman–Crippen LogP) is 1.16. The van der Waals surface area contributed by atoms with Gasteiger partial charge in [-0.05, 0) is 56.3 Å². The Morgan fingerprint density at radius 2 is 1.68 bits per heavy atom. The molecule has 19 heavy (non-hydrogen) atoms. The summed E-state index contributed by atoms with van der Waals surface area (Å²) in [4.78, 5) is 26.3. The first-order chi connectivity index (χ1) is 9.14. The van der Waals surface area contributed by atoms with Crippen LogP contribution in [0.2, 0.25) is 0 Å². The molecule has 1 saturated heterocycles. The first kappa shape index (κ1) is 11.7. The fraction of sp³-hybridized carbons (Fsp3) is 0.867. The monoisotopic (exact) mass is 262 g/mol. The minimum Gasteiger partial charge on any atom is -0.353 e. The smallest absolute Gasteiger partial charge is 0.239 e. The highest BCUT2D eigenvalue weighted by atomic mass is 16.2. The van der Waals surface area contributed by atoms with Crippen molar-refractivity contribution in [3.8, 4) is 0 Å². The van der Waals surface area contributed by atoms with E-state index in [0.717, 1.165) is 37.0 Å². The summed E-state index contributed by atoms with van der Waals surface area (Å²) in [5.74, 6) is 2.65. The second-order valence-corrected chi connectivity index (χ2v) is 7.27. The molecule has 1 heterocycles. The lowest BCUT2D eigenvalue weighted by atomic mass is 9.49. The largest absolute Gasteiger partial charge is 0.353 e. The summed E-state index contributed by atoms with van der Waals surface area (Å²) >= 11 is 0. The number of nitrogens with one attached hydrogen (secondary N) is 1. The third-order valence-electron chi connectivity index (χ3n) is 5.82. The Bertz CT molecular complexity index is 397. The molecule has 5 aliphatic rings. The lowest BCUT2D eigenvalue weighted by Crippen LogP contribution is -2.58. The maximum atomic E-state index is 12.9. The van der Waals surface area contributed by atoms with E-state index < -0.39 is 0 Å². The summed E-state index contributed by atoms with van der Waals surface area (Å²) < 4.78 is 0. The van der Waals surface area contributed by atoms with E-state index in [0.29, 0.717) is 19.0 Å². The van der Waals surface area contributed by atoms with E-state index in [1.807, 2.05) is 4.90 Å². The normalized spacial score (nSPS) is 44.3. The van der Waals surface area contributed by atoms with Crippen molar-refractivity contribution in [2.24, 2.45) is 23.2 Å². The van der Waals surface area contributed by atoms with Gasteiger partial charge in [-0.25, -0.2) is 0 Å². The molecule has 0 atom stereocenters. The van der Waals surface area contributed by atoms with Crippen molar-refractivity contribution in [1.82, 2.24) is 10.2 Å². The van der Waals surface area contributed by atoms with Crippen molar-refractivity contribution >= 4 is 11.8 Å². The van der Waals surface area contributed by atoms with Gasteiger partial charge in [-0.15, -0.1) is 0 Å². The van der Waals surface area contributed by atoms with E-state index in [1.54, 1.807) is 0 Å². The molecule has 0 spiro atoms. The van der Waals surface area contributed by atoms with Crippen molar-refractivity contribution < 1.29 is 9.59 Å². The Morgan fingerprint density at radius 3 is 2.21 bits per heavy atom. The second-order valence-electron chi connectivity index (χ2n) is 7.27. The van der Waals surface area contributed by atoms with Crippen molar-refractivity contribution in [3.05, 3.63) is 0 Å². The van der Waals surface area contributed by atoms with E-state index in [9.17, 15) is 9.59 Å². The van der Waals surface area contributed by atoms with Gasteiger partial charge in [-0.3, -0.25) is 9.59 Å². The maximum Gasteiger partial charge on any atom is 0.239 e. The SMILES string of the molecule is O=C1CN(C(=O)C23CC4CC(CC(C4)C2)C3)CCN1. The zero-order chi connectivity index (χ0) is 13.0. The topological polar surface area (TPSA) is 49.4 Å². The van der Waals surface area contributed by atoms with Gasteiger partial charge in [0.05, 0.1) is 12.0 Å². The molecule has 0 radical (unpaired) electrons. The predicted molar refractivity (Wildman–Crippen MR) is 70.2 cm³/mol. The number of hydrogen-bond acceptors (Lipinski definition) is 2. The summed E-state index contributed by atoms with van der Waals surface area (Å²) in [7, 11) is 0. The summed E-state index contributed by atoms with van der Waals surface area (Å²) in [6.07, 6.45) is 7.34. The van der Waals surface area contributed by atoms with Crippen LogP contribution in [0.5, 0.6) is 0 Å². The first-order valence-electron chi connectivity index (χ1n) is 7.71. The Hall–Kier alpha value is -1.06. The Labute approximate surface area is 113 Å². The molecule has 4 heteroatoms. The molecule has 4 nitrogen and oxygen atoms in total. The van der Waals surface area contributed by atoms with Crippen LogP contribution in [0.4, 0.5) is 0 Å². The van der Waals surface area contributed by atoms with Crippen LogP contribution in [0.25, 0.3) is 0 Å². The summed E-state index contributed by atoms with van der Waals surface area (Å²) in [5.41, 5.74) is -0.0909. The van der Waals surface area contributed by atoms with Crippen molar-refractivity contribution in [3.63, 3.8) is 0 Å². The van der Waals surface area contributed by atoms with E-state index in [4.69, 9.17) is 0 Å². The minimum absolute atomic E-state index is 0.00401. The molecular weight excluding hydrogens is 240 g/mol. The third-order valence-corrected chi connectivity index (χ3v) is 5.82. The lowest BCUT2D eigenvalue weighted by molar-refractivity contribution is -0.160. The number of amides is 2. The number of piperazine rings is 1. The number of nitrogens with zero attached hydrogens (tertiary/aromatic N) is 1. The number of carbonyl (C=O) groups is 2. The Balaban J connectivity index is 1.57. The fourth-order valence-corrected chi connectivity index (χ4v) is 5.52. The molecule has 0 aromatic rings. The standard InChI is InChI=1S/C15H22N2O2/c18-13-9-17(2-1-16-13)14(19)15-6-10-3-11(7-15)5-12(4-10)8-15/h10-12H,1-9H2,(H,16,18). The van der Waals surface area contributed by atoms with Gasteiger partial charge in [-0.2, -0.15) is 0 Å². The number of rotatable bonds is 1. The van der Waals surface area contributed by atoms with Gasteiger partial charge >= 0.3 is 0 Å². The number of hydrogen-bond donors (Lipinski definition) is 1. The van der Waals surface area contributed by atoms with E-state index in [2.05, 4.69) is 5.32 Å². The van der Waals surface area contributed by atoms with Crippen LogP contribution in [0.1, 0.15) is 38.5 Å². The fourth-order valence-electron chi connectivity index (χ4n) is 5.52. The Morgan fingerprint density at radius 1 is 1.11 bits per heavy atom. The highest BCUT2D eigenvalue weighted by Gasteiger charge is 2.55. The summed E-state index contributed by atoms with van der Waals surface area (Å²) in [5, 5.41) is 2.81. The van der Waals surface area contributed by atoms with Crippen LogP contribution in [-0.2, 0) is 9.59 Å². The van der Waals surface area contributed by atoms with Gasteiger partial charge in [0, 0.05) is 13.1 Å². The average Bonchev–Trinajstić information content (AvgIpc) is 2.36. The van der Waals surface area contributed by atoms with Gasteiger partial charge in [0.15, 0.2) is 0 Å². The van der Waals surface area contributed by atoms with Crippen LogP contribution in [-0.4, -0.2) is 36.3 Å². The van der Waals surface area contributed by atoms with Gasteiger partial charge in [0.25, 0.3) is 0 Å². The van der Waals surface area contributed by atoms with Crippen LogP contribution in [0, 0.1) is 23.2 Å². The zero-order valence-electron chi connectivity index (χ0n) is 11.4. The van der Waals surface area contributed by atoms with Gasteiger partial charge in [-0.1, -0.05) is 0 Å². The lowest BCUT2D eigenvalue weighted by Gasteiger charge is -2.56. The minimum atomic E-state index is -0.0909. The van der Waals surface area contributed by atoms with E-state index >= 15 is 0 Å². The zero-order valence-corrected chi connectivity index (χ0v) is 11.4. The molecular formula is C15H22N2O2. The van der Waals surface area contributed by atoms with Crippen LogP contribution in [0.3, 0.4) is 0 Å². The van der Waals surface area contributed by atoms with Crippen LogP contribution in [0.15, 0.2) is 0 Å².